The highest BCUT2D eigenvalue weighted by molar-refractivity contribution is 6.05. The van der Waals surface area contributed by atoms with Gasteiger partial charge in [0.2, 0.25) is 17.7 Å². The van der Waals surface area contributed by atoms with E-state index in [9.17, 15) is 19.2 Å². The Labute approximate surface area is 168 Å². The fourth-order valence-electron chi connectivity index (χ4n) is 3.86. The summed E-state index contributed by atoms with van der Waals surface area (Å²) in [4.78, 5) is 50.4. The number of methoxy groups -OCH3 is 2. The van der Waals surface area contributed by atoms with E-state index in [1.54, 1.807) is 6.07 Å². The van der Waals surface area contributed by atoms with Crippen LogP contribution in [0.1, 0.15) is 42.5 Å². The lowest BCUT2D eigenvalue weighted by molar-refractivity contribution is -0.140. The maximum absolute atomic E-state index is 12.4. The number of hydrazine groups is 1. The van der Waals surface area contributed by atoms with Crippen LogP contribution < -0.4 is 20.3 Å². The second kappa shape index (κ2) is 8.93. The van der Waals surface area contributed by atoms with Crippen LogP contribution in [0.25, 0.3) is 0 Å². The second-order valence-electron chi connectivity index (χ2n) is 7.18. The third kappa shape index (κ3) is 4.49. The monoisotopic (exact) mass is 403 g/mol. The van der Waals surface area contributed by atoms with Gasteiger partial charge in [-0.25, -0.2) is 0 Å². The van der Waals surface area contributed by atoms with Crippen molar-refractivity contribution in [2.24, 2.45) is 11.8 Å². The van der Waals surface area contributed by atoms with Gasteiger partial charge in [-0.15, -0.1) is 0 Å². The summed E-state index contributed by atoms with van der Waals surface area (Å²) in [6.07, 6.45) is 3.29. The lowest BCUT2D eigenvalue weighted by Gasteiger charge is -2.19. The van der Waals surface area contributed by atoms with Crippen LogP contribution in [0.3, 0.4) is 0 Å². The average molecular weight is 403 g/mol. The minimum Gasteiger partial charge on any atom is -0.497 e. The molecule has 3 rings (SSSR count). The van der Waals surface area contributed by atoms with Gasteiger partial charge in [0.05, 0.1) is 26.1 Å². The number of benzene rings is 1. The first kappa shape index (κ1) is 20.6. The molecule has 9 nitrogen and oxygen atoms in total. The molecule has 1 aromatic carbocycles. The number of fused-ring (bicyclic) bond motifs is 1. The number of nitrogens with zero attached hydrogens (tertiary/aromatic N) is 1. The Morgan fingerprint density at radius 1 is 0.966 bits per heavy atom. The van der Waals surface area contributed by atoms with Gasteiger partial charge in [0.15, 0.2) is 0 Å². The quantitative estimate of drug-likeness (QED) is 0.542. The number of nitrogens with one attached hydrogen (secondary N) is 2. The van der Waals surface area contributed by atoms with Gasteiger partial charge in [0.25, 0.3) is 5.91 Å². The molecule has 2 atom stereocenters. The number of amides is 4. The molecule has 29 heavy (non-hydrogen) atoms. The highest BCUT2D eigenvalue weighted by atomic mass is 16.5. The van der Waals surface area contributed by atoms with E-state index in [1.165, 1.54) is 31.3 Å². The molecule has 0 unspecified atom stereocenters. The topological polar surface area (TPSA) is 114 Å². The standard InChI is InChI=1S/C20H25N3O6/c1-28-13-9-12(10-14(11-13)29-2)18(25)22-21-17(24)7-8-23-19(26)15-5-3-4-6-16(15)20(23)27/h9-11,15-16H,3-8H2,1-2H3,(H,21,24)(H,22,25)/t15-,16-/m0/s1. The number of hydrogen-bond donors (Lipinski definition) is 2. The molecular formula is C20H25N3O6. The molecule has 2 fully saturated rings. The van der Waals surface area contributed by atoms with Gasteiger partial charge in [-0.3, -0.25) is 34.9 Å². The van der Waals surface area contributed by atoms with E-state index in [-0.39, 0.29) is 42.2 Å². The summed E-state index contributed by atoms with van der Waals surface area (Å²) in [6, 6.07) is 4.64. The third-order valence-corrected chi connectivity index (χ3v) is 5.42. The first-order valence-corrected chi connectivity index (χ1v) is 9.62. The SMILES string of the molecule is COc1cc(OC)cc(C(=O)NNC(=O)CCN2C(=O)[C@H]3CCCC[C@@H]3C2=O)c1. The normalized spacial score (nSPS) is 20.8. The first-order chi connectivity index (χ1) is 13.9. The van der Waals surface area contributed by atoms with Crippen LogP contribution in [-0.2, 0) is 14.4 Å². The summed E-state index contributed by atoms with van der Waals surface area (Å²) in [5, 5.41) is 0. The van der Waals surface area contributed by atoms with Gasteiger partial charge in [-0.1, -0.05) is 12.8 Å². The summed E-state index contributed by atoms with van der Waals surface area (Å²) in [5.41, 5.74) is 4.86. The van der Waals surface area contributed by atoms with Crippen LogP contribution in [0.5, 0.6) is 11.5 Å². The van der Waals surface area contributed by atoms with Gasteiger partial charge in [0, 0.05) is 24.6 Å². The van der Waals surface area contributed by atoms with Crippen LogP contribution in [-0.4, -0.2) is 49.3 Å². The molecule has 1 saturated carbocycles. The maximum atomic E-state index is 12.4. The number of imide groups is 1. The number of carbonyl (C=O) groups excluding carboxylic acids is 4. The van der Waals surface area contributed by atoms with Crippen LogP contribution >= 0.6 is 0 Å². The maximum Gasteiger partial charge on any atom is 0.269 e. The molecule has 156 valence electrons. The van der Waals surface area contributed by atoms with Crippen molar-refractivity contribution in [1.29, 1.82) is 0 Å². The highest BCUT2D eigenvalue weighted by Gasteiger charge is 2.47. The zero-order chi connectivity index (χ0) is 21.0. The molecule has 9 heteroatoms. The van der Waals surface area contributed by atoms with Crippen molar-refractivity contribution in [2.45, 2.75) is 32.1 Å². The molecule has 1 aliphatic heterocycles. The van der Waals surface area contributed by atoms with E-state index < -0.39 is 11.8 Å². The summed E-state index contributed by atoms with van der Waals surface area (Å²) < 4.78 is 10.2. The molecule has 0 aromatic heterocycles. The Bertz CT molecular complexity index is 778. The van der Waals surface area contributed by atoms with Crippen LogP contribution in [0.15, 0.2) is 18.2 Å². The number of likely N-dealkylation sites (tertiary alicyclic amines) is 1. The van der Waals surface area contributed by atoms with Crippen molar-refractivity contribution in [1.82, 2.24) is 15.8 Å². The van der Waals surface area contributed by atoms with Crippen LogP contribution in [0.4, 0.5) is 0 Å². The van der Waals surface area contributed by atoms with Crippen molar-refractivity contribution in [3.63, 3.8) is 0 Å². The van der Waals surface area contributed by atoms with Gasteiger partial charge >= 0.3 is 0 Å². The fourth-order valence-corrected chi connectivity index (χ4v) is 3.86. The van der Waals surface area contributed by atoms with Crippen LogP contribution in [0, 0.1) is 11.8 Å². The lowest BCUT2D eigenvalue weighted by Crippen LogP contribution is -2.43. The van der Waals surface area contributed by atoms with Crippen molar-refractivity contribution in [3.8, 4) is 11.5 Å². The molecule has 1 aliphatic carbocycles. The molecule has 0 radical (unpaired) electrons. The fraction of sp³-hybridized carbons (Fsp3) is 0.500. The summed E-state index contributed by atoms with van der Waals surface area (Å²) >= 11 is 0. The minimum absolute atomic E-state index is 0.0132. The molecule has 2 aliphatic rings. The van der Waals surface area contributed by atoms with E-state index in [0.717, 1.165) is 25.7 Å². The highest BCUT2D eigenvalue weighted by Crippen LogP contribution is 2.37. The van der Waals surface area contributed by atoms with E-state index >= 15 is 0 Å². The molecule has 0 bridgehead atoms. The molecular weight excluding hydrogens is 378 g/mol. The zero-order valence-electron chi connectivity index (χ0n) is 16.5. The molecule has 0 spiro atoms. The first-order valence-electron chi connectivity index (χ1n) is 9.62. The second-order valence-corrected chi connectivity index (χ2v) is 7.18. The Morgan fingerprint density at radius 2 is 1.52 bits per heavy atom. The van der Waals surface area contributed by atoms with Crippen molar-refractivity contribution < 1.29 is 28.7 Å². The summed E-state index contributed by atoms with van der Waals surface area (Å²) in [7, 11) is 2.94. The summed E-state index contributed by atoms with van der Waals surface area (Å²) in [5.74, 6) is -0.996. The van der Waals surface area contributed by atoms with Crippen molar-refractivity contribution in [3.05, 3.63) is 23.8 Å². The Kier molecular flexibility index (Phi) is 6.36. The number of ether oxygens (including phenoxy) is 2. The molecule has 1 heterocycles. The van der Waals surface area contributed by atoms with E-state index in [0.29, 0.717) is 11.5 Å². The van der Waals surface area contributed by atoms with Gasteiger partial charge < -0.3 is 9.47 Å². The third-order valence-electron chi connectivity index (χ3n) is 5.42. The number of carbonyl (C=O) groups is 4. The van der Waals surface area contributed by atoms with Gasteiger partial charge in [-0.2, -0.15) is 0 Å². The van der Waals surface area contributed by atoms with Gasteiger partial charge in [-0.05, 0) is 25.0 Å². The van der Waals surface area contributed by atoms with E-state index in [2.05, 4.69) is 10.9 Å². The van der Waals surface area contributed by atoms with E-state index in [4.69, 9.17) is 9.47 Å². The average Bonchev–Trinajstić information content (AvgIpc) is 3.00. The van der Waals surface area contributed by atoms with Gasteiger partial charge in [0.1, 0.15) is 11.5 Å². The number of hydrogen-bond acceptors (Lipinski definition) is 6. The van der Waals surface area contributed by atoms with Crippen LogP contribution in [0.2, 0.25) is 0 Å². The van der Waals surface area contributed by atoms with Crippen molar-refractivity contribution >= 4 is 23.6 Å². The Hall–Kier alpha value is -3.10. The predicted octanol–water partition coefficient (Wildman–Crippen LogP) is 1.03. The lowest BCUT2D eigenvalue weighted by atomic mass is 9.81. The Morgan fingerprint density at radius 3 is 2.03 bits per heavy atom. The van der Waals surface area contributed by atoms with Crippen molar-refractivity contribution in [2.75, 3.05) is 20.8 Å². The predicted molar refractivity (Wildman–Crippen MR) is 102 cm³/mol. The molecule has 4 amide bonds. The minimum atomic E-state index is -0.546. The molecule has 1 aromatic rings. The largest absolute Gasteiger partial charge is 0.497 e. The molecule has 1 saturated heterocycles. The number of rotatable bonds is 6. The smallest absolute Gasteiger partial charge is 0.269 e. The van der Waals surface area contributed by atoms with E-state index in [1.807, 2.05) is 0 Å². The summed E-state index contributed by atoms with van der Waals surface area (Å²) in [6.45, 7) is 0.0132. The Balaban J connectivity index is 1.51. The zero-order valence-corrected chi connectivity index (χ0v) is 16.5. The molecule has 2 N–H and O–H groups in total.